The molecule has 1 atom stereocenters. The summed E-state index contributed by atoms with van der Waals surface area (Å²) in [4.78, 5) is 12.0. The summed E-state index contributed by atoms with van der Waals surface area (Å²) in [6.07, 6.45) is 3.17. The minimum Gasteiger partial charge on any atom is -0.329 e. The average Bonchev–Trinajstić information content (AvgIpc) is 2.84. The van der Waals surface area contributed by atoms with Crippen molar-refractivity contribution < 1.29 is 4.79 Å². The van der Waals surface area contributed by atoms with Gasteiger partial charge in [0.2, 0.25) is 5.91 Å². The normalized spacial score (nSPS) is 12.1. The van der Waals surface area contributed by atoms with E-state index in [1.165, 1.54) is 0 Å². The molecule has 0 spiro atoms. The van der Waals surface area contributed by atoms with Crippen molar-refractivity contribution in [2.24, 2.45) is 5.73 Å². The van der Waals surface area contributed by atoms with Crippen LogP contribution in [0.25, 0.3) is 0 Å². The smallest absolute Gasteiger partial charge is 0.233 e. The van der Waals surface area contributed by atoms with Crippen molar-refractivity contribution in [3.05, 3.63) is 48.3 Å². The van der Waals surface area contributed by atoms with Gasteiger partial charge >= 0.3 is 0 Å². The molecule has 0 fully saturated rings. The van der Waals surface area contributed by atoms with E-state index in [4.69, 9.17) is 5.73 Å². The zero-order chi connectivity index (χ0) is 12.1. The van der Waals surface area contributed by atoms with Gasteiger partial charge < -0.3 is 11.1 Å². The number of amides is 1. The van der Waals surface area contributed by atoms with Gasteiger partial charge in [-0.15, -0.1) is 0 Å². The highest BCUT2D eigenvalue weighted by atomic mass is 16.1. The van der Waals surface area contributed by atoms with E-state index < -0.39 is 0 Å². The Morgan fingerprint density at radius 3 is 2.76 bits per heavy atom. The molecule has 0 saturated carbocycles. The molecule has 0 radical (unpaired) electrons. The van der Waals surface area contributed by atoms with Gasteiger partial charge in [0, 0.05) is 12.7 Å². The molecule has 2 rings (SSSR count). The van der Waals surface area contributed by atoms with Crippen molar-refractivity contribution in [3.63, 3.8) is 0 Å². The van der Waals surface area contributed by atoms with Crippen LogP contribution in [0.1, 0.15) is 11.5 Å². The van der Waals surface area contributed by atoms with Crippen LogP contribution in [0.2, 0.25) is 0 Å². The van der Waals surface area contributed by atoms with Gasteiger partial charge in [-0.3, -0.25) is 9.89 Å². The van der Waals surface area contributed by atoms with Crippen molar-refractivity contribution in [1.29, 1.82) is 0 Å². The molecule has 88 valence electrons. The summed E-state index contributed by atoms with van der Waals surface area (Å²) in [6, 6.07) is 9.48. The Morgan fingerprint density at radius 1 is 1.41 bits per heavy atom. The lowest BCUT2D eigenvalue weighted by molar-refractivity contribution is -0.117. The molecule has 1 amide bonds. The molecule has 4 N–H and O–H groups in total. The fourth-order valence-electron chi connectivity index (χ4n) is 1.63. The highest BCUT2D eigenvalue weighted by molar-refractivity contribution is 5.95. The molecule has 2 aromatic rings. The molecule has 1 unspecified atom stereocenters. The van der Waals surface area contributed by atoms with Gasteiger partial charge in [-0.1, -0.05) is 30.3 Å². The summed E-state index contributed by atoms with van der Waals surface area (Å²) >= 11 is 0. The third-order valence-corrected chi connectivity index (χ3v) is 2.52. The molecule has 5 heteroatoms. The maximum atomic E-state index is 12.0. The van der Waals surface area contributed by atoms with Gasteiger partial charge in [-0.2, -0.15) is 5.10 Å². The third-order valence-electron chi connectivity index (χ3n) is 2.52. The van der Waals surface area contributed by atoms with E-state index in [1.807, 2.05) is 30.3 Å². The molecule has 0 aliphatic carbocycles. The van der Waals surface area contributed by atoms with Crippen LogP contribution in [0.5, 0.6) is 0 Å². The summed E-state index contributed by atoms with van der Waals surface area (Å²) < 4.78 is 0. The number of aromatic nitrogens is 2. The Hall–Kier alpha value is -2.14. The standard InChI is InChI=1S/C12H14N4O/c13-6-11(9-4-2-1-3-5-9)12(17)16-10-7-14-15-8-10/h1-5,7-8,11H,6,13H2,(H,14,15)(H,16,17). The Kier molecular flexibility index (Phi) is 3.52. The van der Waals surface area contributed by atoms with Crippen LogP contribution in [0, 0.1) is 0 Å². The lowest BCUT2D eigenvalue weighted by atomic mass is 9.98. The zero-order valence-electron chi connectivity index (χ0n) is 9.26. The predicted octanol–water partition coefficient (Wildman–Crippen LogP) is 1.09. The van der Waals surface area contributed by atoms with E-state index >= 15 is 0 Å². The molecule has 0 aliphatic rings. The van der Waals surface area contributed by atoms with Gasteiger partial charge in [0.05, 0.1) is 17.8 Å². The minimum absolute atomic E-state index is 0.125. The Balaban J connectivity index is 2.11. The molecular weight excluding hydrogens is 216 g/mol. The number of rotatable bonds is 4. The van der Waals surface area contributed by atoms with Crippen molar-refractivity contribution in [2.75, 3.05) is 11.9 Å². The number of benzene rings is 1. The first kappa shape index (κ1) is 11.3. The van der Waals surface area contributed by atoms with E-state index in [0.29, 0.717) is 5.69 Å². The number of hydrogen-bond acceptors (Lipinski definition) is 3. The first-order valence-electron chi connectivity index (χ1n) is 5.36. The first-order valence-corrected chi connectivity index (χ1v) is 5.36. The number of H-pyrrole nitrogens is 1. The van der Waals surface area contributed by atoms with Crippen LogP contribution < -0.4 is 11.1 Å². The lowest BCUT2D eigenvalue weighted by Crippen LogP contribution is -2.27. The van der Waals surface area contributed by atoms with Crippen LogP contribution in [0.4, 0.5) is 5.69 Å². The number of hydrogen-bond donors (Lipinski definition) is 3. The highest BCUT2D eigenvalue weighted by Gasteiger charge is 2.18. The fourth-order valence-corrected chi connectivity index (χ4v) is 1.63. The van der Waals surface area contributed by atoms with Crippen LogP contribution in [0.3, 0.4) is 0 Å². The van der Waals surface area contributed by atoms with E-state index in [2.05, 4.69) is 15.5 Å². The topological polar surface area (TPSA) is 83.8 Å². The second-order valence-electron chi connectivity index (χ2n) is 3.68. The summed E-state index contributed by atoms with van der Waals surface area (Å²) in [6.45, 7) is 0.272. The van der Waals surface area contributed by atoms with Crippen LogP contribution in [0.15, 0.2) is 42.7 Å². The fraction of sp³-hybridized carbons (Fsp3) is 0.167. The number of aromatic amines is 1. The van der Waals surface area contributed by atoms with Gasteiger partial charge in [0.15, 0.2) is 0 Å². The summed E-state index contributed by atoms with van der Waals surface area (Å²) in [5, 5.41) is 9.16. The Bertz CT molecular complexity index is 467. The van der Waals surface area contributed by atoms with Gasteiger partial charge in [-0.25, -0.2) is 0 Å². The van der Waals surface area contributed by atoms with Crippen LogP contribution >= 0.6 is 0 Å². The maximum Gasteiger partial charge on any atom is 0.233 e. The number of nitrogens with two attached hydrogens (primary N) is 1. The average molecular weight is 230 g/mol. The monoisotopic (exact) mass is 230 g/mol. The van der Waals surface area contributed by atoms with Gasteiger partial charge in [0.25, 0.3) is 0 Å². The molecule has 5 nitrogen and oxygen atoms in total. The molecule has 1 aromatic carbocycles. The predicted molar refractivity (Wildman–Crippen MR) is 65.5 cm³/mol. The summed E-state index contributed by atoms with van der Waals surface area (Å²) in [5.41, 5.74) is 7.21. The SMILES string of the molecule is NCC(C(=O)Nc1cn[nH]c1)c1ccccc1. The van der Waals surface area contributed by atoms with Gasteiger partial charge in [0.1, 0.15) is 0 Å². The number of nitrogens with zero attached hydrogens (tertiary/aromatic N) is 1. The zero-order valence-corrected chi connectivity index (χ0v) is 9.26. The molecule has 0 bridgehead atoms. The first-order chi connectivity index (χ1) is 8.31. The number of nitrogens with one attached hydrogen (secondary N) is 2. The second kappa shape index (κ2) is 5.27. The van der Waals surface area contributed by atoms with E-state index in [1.54, 1.807) is 12.4 Å². The van der Waals surface area contributed by atoms with Crippen LogP contribution in [-0.4, -0.2) is 22.6 Å². The van der Waals surface area contributed by atoms with Crippen molar-refractivity contribution in [2.45, 2.75) is 5.92 Å². The molecule has 17 heavy (non-hydrogen) atoms. The summed E-state index contributed by atoms with van der Waals surface area (Å²) in [5.74, 6) is -0.466. The second-order valence-corrected chi connectivity index (χ2v) is 3.68. The Morgan fingerprint density at radius 2 is 2.18 bits per heavy atom. The molecular formula is C12H14N4O. The molecule has 0 aliphatic heterocycles. The number of carbonyl (C=O) groups is 1. The minimum atomic E-state index is -0.342. The summed E-state index contributed by atoms with van der Waals surface area (Å²) in [7, 11) is 0. The van der Waals surface area contributed by atoms with E-state index in [0.717, 1.165) is 5.56 Å². The Labute approximate surface area is 99.0 Å². The number of carbonyl (C=O) groups excluding carboxylic acids is 1. The number of anilines is 1. The van der Waals surface area contributed by atoms with E-state index in [9.17, 15) is 4.79 Å². The highest BCUT2D eigenvalue weighted by Crippen LogP contribution is 2.16. The molecule has 1 aromatic heterocycles. The maximum absolute atomic E-state index is 12.0. The molecule has 0 saturated heterocycles. The van der Waals surface area contributed by atoms with Crippen molar-refractivity contribution in [1.82, 2.24) is 10.2 Å². The molecule has 1 heterocycles. The quantitative estimate of drug-likeness (QED) is 0.735. The largest absolute Gasteiger partial charge is 0.329 e. The van der Waals surface area contributed by atoms with Gasteiger partial charge in [-0.05, 0) is 5.56 Å². The van der Waals surface area contributed by atoms with Crippen LogP contribution in [-0.2, 0) is 4.79 Å². The van der Waals surface area contributed by atoms with E-state index in [-0.39, 0.29) is 18.4 Å². The third kappa shape index (κ3) is 2.70. The van der Waals surface area contributed by atoms with Crippen molar-refractivity contribution >= 4 is 11.6 Å². The lowest BCUT2D eigenvalue weighted by Gasteiger charge is -2.14. The van der Waals surface area contributed by atoms with Crippen molar-refractivity contribution in [3.8, 4) is 0 Å².